The molecule has 7 heteroatoms. The molecule has 2 aliphatic heterocycles. The minimum Gasteiger partial charge on any atom is -0.494 e. The van der Waals surface area contributed by atoms with Crippen LogP contribution in [0.15, 0.2) is 30.5 Å². The fraction of sp³-hybridized carbons (Fsp3) is 0.471. The molecule has 2 aromatic rings. The quantitative estimate of drug-likeness (QED) is 0.857. The van der Waals surface area contributed by atoms with E-state index in [-0.39, 0.29) is 18.1 Å². The van der Waals surface area contributed by atoms with E-state index in [4.69, 9.17) is 9.47 Å². The number of benzene rings is 1. The molecule has 1 fully saturated rings. The van der Waals surface area contributed by atoms with Crippen molar-refractivity contribution in [3.05, 3.63) is 41.7 Å². The minimum atomic E-state index is 0.0160. The Morgan fingerprint density at radius 1 is 1.46 bits per heavy atom. The highest BCUT2D eigenvalue weighted by molar-refractivity contribution is 5.94. The molecular weight excluding hydrogens is 308 g/mol. The summed E-state index contributed by atoms with van der Waals surface area (Å²) in [5.41, 5.74) is 1.61. The summed E-state index contributed by atoms with van der Waals surface area (Å²) in [6.07, 6.45) is 2.63. The van der Waals surface area contributed by atoms with Gasteiger partial charge in [0.1, 0.15) is 5.75 Å². The summed E-state index contributed by atoms with van der Waals surface area (Å²) >= 11 is 0. The fourth-order valence-corrected chi connectivity index (χ4v) is 3.43. The number of ether oxygens (including phenoxy) is 2. The zero-order valence-corrected chi connectivity index (χ0v) is 13.6. The van der Waals surface area contributed by atoms with Gasteiger partial charge >= 0.3 is 0 Å². The molecule has 0 saturated carbocycles. The predicted octanol–water partition coefficient (Wildman–Crippen LogP) is 1.66. The number of hydrogen-bond acceptors (Lipinski definition) is 5. The topological polar surface area (TPSA) is 69.5 Å². The molecule has 1 aromatic carbocycles. The first-order valence-electron chi connectivity index (χ1n) is 8.29. The van der Waals surface area contributed by atoms with Crippen molar-refractivity contribution in [1.82, 2.24) is 19.9 Å². The zero-order valence-electron chi connectivity index (χ0n) is 13.6. The largest absolute Gasteiger partial charge is 0.494 e. The molecule has 2 aliphatic rings. The van der Waals surface area contributed by atoms with Crippen LogP contribution in [0.25, 0.3) is 0 Å². The van der Waals surface area contributed by atoms with Crippen LogP contribution in [0.3, 0.4) is 0 Å². The van der Waals surface area contributed by atoms with E-state index in [0.29, 0.717) is 31.9 Å². The Morgan fingerprint density at radius 2 is 2.38 bits per heavy atom. The molecule has 2 atom stereocenters. The summed E-state index contributed by atoms with van der Waals surface area (Å²) in [6.45, 7) is 4.32. The molecule has 0 N–H and O–H groups in total. The molecule has 24 heavy (non-hydrogen) atoms. The van der Waals surface area contributed by atoms with Gasteiger partial charge in [-0.05, 0) is 31.5 Å². The van der Waals surface area contributed by atoms with Crippen molar-refractivity contribution in [2.75, 3.05) is 19.7 Å². The van der Waals surface area contributed by atoms with Gasteiger partial charge in [0.15, 0.2) is 0 Å². The third kappa shape index (κ3) is 2.65. The van der Waals surface area contributed by atoms with Crippen LogP contribution in [0.1, 0.15) is 35.4 Å². The third-order valence-electron chi connectivity index (χ3n) is 4.61. The monoisotopic (exact) mass is 328 g/mol. The lowest BCUT2D eigenvalue weighted by molar-refractivity contribution is -0.0605. The Labute approximate surface area is 140 Å². The van der Waals surface area contributed by atoms with Crippen LogP contribution in [0.5, 0.6) is 5.75 Å². The molecule has 4 rings (SSSR count). The Morgan fingerprint density at radius 3 is 3.25 bits per heavy atom. The van der Waals surface area contributed by atoms with E-state index >= 15 is 0 Å². The van der Waals surface area contributed by atoms with E-state index < -0.39 is 0 Å². The Balaban J connectivity index is 1.54. The van der Waals surface area contributed by atoms with Crippen LogP contribution in [0, 0.1) is 0 Å². The van der Waals surface area contributed by atoms with E-state index in [1.807, 2.05) is 34.7 Å². The lowest BCUT2D eigenvalue weighted by Gasteiger charge is -2.41. The first-order chi connectivity index (χ1) is 11.8. The van der Waals surface area contributed by atoms with Crippen LogP contribution < -0.4 is 4.74 Å². The van der Waals surface area contributed by atoms with Crippen molar-refractivity contribution in [3.8, 4) is 5.75 Å². The number of carbonyl (C=O) groups excluding carboxylic acids is 1. The molecule has 7 nitrogen and oxygen atoms in total. The maximum atomic E-state index is 12.9. The van der Waals surface area contributed by atoms with E-state index in [2.05, 4.69) is 10.3 Å². The molecular formula is C17H20N4O3. The molecule has 0 spiro atoms. The second-order valence-electron chi connectivity index (χ2n) is 6.09. The van der Waals surface area contributed by atoms with Gasteiger partial charge in [-0.3, -0.25) is 4.79 Å². The minimum absolute atomic E-state index is 0.0160. The first-order valence-corrected chi connectivity index (χ1v) is 8.29. The predicted molar refractivity (Wildman–Crippen MR) is 85.8 cm³/mol. The van der Waals surface area contributed by atoms with Crippen LogP contribution >= 0.6 is 0 Å². The van der Waals surface area contributed by atoms with Gasteiger partial charge in [-0.15, -0.1) is 5.10 Å². The molecule has 1 saturated heterocycles. The summed E-state index contributed by atoms with van der Waals surface area (Å²) in [5.74, 6) is 0.736. The number of piperidine rings is 1. The lowest BCUT2D eigenvalue weighted by atomic mass is 9.99. The highest BCUT2D eigenvalue weighted by Gasteiger charge is 2.38. The molecule has 3 heterocycles. The molecule has 1 aromatic heterocycles. The number of hydrogen-bond donors (Lipinski definition) is 0. The summed E-state index contributed by atoms with van der Waals surface area (Å²) in [6, 6.07) is 7.38. The summed E-state index contributed by atoms with van der Waals surface area (Å²) in [4.78, 5) is 14.7. The highest BCUT2D eigenvalue weighted by atomic mass is 16.5. The van der Waals surface area contributed by atoms with Crippen molar-refractivity contribution in [2.24, 2.45) is 0 Å². The molecule has 0 aliphatic carbocycles. The summed E-state index contributed by atoms with van der Waals surface area (Å²) in [7, 11) is 0. The van der Waals surface area contributed by atoms with Crippen LogP contribution in [0.4, 0.5) is 0 Å². The molecule has 0 bridgehead atoms. The number of aromatic nitrogens is 3. The normalized spacial score (nSPS) is 22.6. The van der Waals surface area contributed by atoms with Crippen LogP contribution in [-0.4, -0.2) is 51.6 Å². The molecule has 0 radical (unpaired) electrons. The Bertz CT molecular complexity index is 745. The van der Waals surface area contributed by atoms with E-state index in [9.17, 15) is 4.79 Å². The van der Waals surface area contributed by atoms with Gasteiger partial charge < -0.3 is 14.4 Å². The maximum Gasteiger partial charge on any atom is 0.254 e. The summed E-state index contributed by atoms with van der Waals surface area (Å²) in [5, 5.41) is 8.14. The van der Waals surface area contributed by atoms with Gasteiger partial charge in [0.05, 0.1) is 37.3 Å². The maximum absolute atomic E-state index is 12.9. The third-order valence-corrected chi connectivity index (χ3v) is 4.61. The van der Waals surface area contributed by atoms with Crippen molar-refractivity contribution in [2.45, 2.75) is 32.1 Å². The second kappa shape index (κ2) is 6.24. The van der Waals surface area contributed by atoms with Gasteiger partial charge in [-0.25, -0.2) is 4.68 Å². The number of carbonyl (C=O) groups is 1. The average Bonchev–Trinajstić information content (AvgIpc) is 3.10. The second-order valence-corrected chi connectivity index (χ2v) is 6.09. The van der Waals surface area contributed by atoms with Crippen molar-refractivity contribution < 1.29 is 14.3 Å². The van der Waals surface area contributed by atoms with Gasteiger partial charge in [0.2, 0.25) is 0 Å². The fourth-order valence-electron chi connectivity index (χ4n) is 3.43. The standard InChI is InChI=1S/C17H20N4O3/c1-2-23-14-5-3-4-12(8-14)17(22)20-7-6-16-15(10-20)21-13(11-24-16)9-18-19-21/h3-5,8-9,15-16H,2,6-7,10-11H2,1H3/t15-,16-/m0/s1. The van der Waals surface area contributed by atoms with Crippen LogP contribution in [0.2, 0.25) is 0 Å². The SMILES string of the molecule is CCOc1cccc(C(=O)N2CC[C@@H]3OCc4cnnn4[C@H]3C2)c1. The summed E-state index contributed by atoms with van der Waals surface area (Å²) < 4.78 is 13.3. The lowest BCUT2D eigenvalue weighted by Crippen LogP contribution is -2.49. The smallest absolute Gasteiger partial charge is 0.254 e. The van der Waals surface area contributed by atoms with Crippen LogP contribution in [-0.2, 0) is 11.3 Å². The van der Waals surface area contributed by atoms with Crippen molar-refractivity contribution in [3.63, 3.8) is 0 Å². The van der Waals surface area contributed by atoms with Gasteiger partial charge in [0, 0.05) is 18.7 Å². The van der Waals surface area contributed by atoms with Gasteiger partial charge in [0.25, 0.3) is 5.91 Å². The Kier molecular flexibility index (Phi) is 3.93. The number of likely N-dealkylation sites (tertiary alicyclic amines) is 1. The first kappa shape index (κ1) is 15.1. The number of nitrogens with zero attached hydrogens (tertiary/aromatic N) is 4. The van der Waals surface area contributed by atoms with Gasteiger partial charge in [-0.1, -0.05) is 11.3 Å². The van der Waals surface area contributed by atoms with E-state index in [1.54, 1.807) is 12.3 Å². The van der Waals surface area contributed by atoms with E-state index in [1.165, 1.54) is 0 Å². The van der Waals surface area contributed by atoms with Gasteiger partial charge in [-0.2, -0.15) is 0 Å². The number of rotatable bonds is 3. The molecule has 1 amide bonds. The Hall–Kier alpha value is -2.41. The highest BCUT2D eigenvalue weighted by Crippen LogP contribution is 2.30. The van der Waals surface area contributed by atoms with Crippen molar-refractivity contribution >= 4 is 5.91 Å². The zero-order chi connectivity index (χ0) is 16.5. The average molecular weight is 328 g/mol. The van der Waals surface area contributed by atoms with E-state index in [0.717, 1.165) is 17.9 Å². The molecule has 126 valence electrons. The molecule has 0 unspecified atom stereocenters. The van der Waals surface area contributed by atoms with Crippen molar-refractivity contribution in [1.29, 1.82) is 0 Å². The number of amides is 1. The number of fused-ring (bicyclic) bond motifs is 3.